The molecule has 2 rings (SSSR count). The Morgan fingerprint density at radius 2 is 2.17 bits per heavy atom. The van der Waals surface area contributed by atoms with Crippen molar-refractivity contribution in [1.29, 1.82) is 0 Å². The SMILES string of the molecule is CCn1ncc(S(=O)(=O)N2CCCCC2C)c1C. The average Bonchev–Trinajstić information content (AvgIpc) is 2.71. The molecule has 1 aliphatic heterocycles. The molecule has 0 spiro atoms. The Labute approximate surface area is 109 Å². The predicted molar refractivity (Wildman–Crippen MR) is 69.8 cm³/mol. The number of rotatable bonds is 3. The van der Waals surface area contributed by atoms with Crippen LogP contribution >= 0.6 is 0 Å². The quantitative estimate of drug-likeness (QED) is 0.842. The molecule has 0 radical (unpaired) electrons. The minimum absolute atomic E-state index is 0.0909. The van der Waals surface area contributed by atoms with Crippen molar-refractivity contribution in [2.75, 3.05) is 6.54 Å². The minimum Gasteiger partial charge on any atom is -0.269 e. The molecule has 18 heavy (non-hydrogen) atoms. The molecule has 1 saturated heterocycles. The highest BCUT2D eigenvalue weighted by Gasteiger charge is 2.33. The summed E-state index contributed by atoms with van der Waals surface area (Å²) in [4.78, 5) is 0.359. The van der Waals surface area contributed by atoms with Crippen molar-refractivity contribution in [3.05, 3.63) is 11.9 Å². The lowest BCUT2D eigenvalue weighted by Crippen LogP contribution is -2.42. The van der Waals surface area contributed by atoms with Crippen LogP contribution in [0.3, 0.4) is 0 Å². The fourth-order valence-corrected chi connectivity index (χ4v) is 4.42. The summed E-state index contributed by atoms with van der Waals surface area (Å²) >= 11 is 0. The number of nitrogens with zero attached hydrogens (tertiary/aromatic N) is 3. The number of sulfonamides is 1. The van der Waals surface area contributed by atoms with E-state index in [1.54, 1.807) is 8.99 Å². The molecule has 1 atom stereocenters. The third kappa shape index (κ3) is 2.19. The highest BCUT2D eigenvalue weighted by Crippen LogP contribution is 2.26. The van der Waals surface area contributed by atoms with Gasteiger partial charge >= 0.3 is 0 Å². The molecule has 1 aromatic heterocycles. The van der Waals surface area contributed by atoms with E-state index >= 15 is 0 Å². The zero-order valence-corrected chi connectivity index (χ0v) is 12.1. The maximum absolute atomic E-state index is 12.6. The first kappa shape index (κ1) is 13.5. The second-order valence-corrected chi connectivity index (χ2v) is 6.73. The van der Waals surface area contributed by atoms with Crippen molar-refractivity contribution in [3.63, 3.8) is 0 Å². The van der Waals surface area contributed by atoms with Gasteiger partial charge in [0.15, 0.2) is 0 Å². The summed E-state index contributed by atoms with van der Waals surface area (Å²) in [5.74, 6) is 0. The Bertz CT molecular complexity index is 521. The van der Waals surface area contributed by atoms with Gasteiger partial charge in [-0.15, -0.1) is 0 Å². The van der Waals surface area contributed by atoms with E-state index in [4.69, 9.17) is 0 Å². The standard InChI is InChI=1S/C12H21N3O2S/c1-4-14-11(3)12(9-13-14)18(16,17)15-8-6-5-7-10(15)2/h9-10H,4-8H2,1-3H3. The summed E-state index contributed by atoms with van der Waals surface area (Å²) < 4.78 is 28.6. The Hall–Kier alpha value is -0.880. The molecule has 0 aromatic carbocycles. The Balaban J connectivity index is 2.38. The van der Waals surface area contributed by atoms with Gasteiger partial charge in [-0.25, -0.2) is 8.42 Å². The number of hydrogen-bond acceptors (Lipinski definition) is 3. The topological polar surface area (TPSA) is 55.2 Å². The lowest BCUT2D eigenvalue weighted by Gasteiger charge is -2.32. The molecule has 0 amide bonds. The fourth-order valence-electron chi connectivity index (χ4n) is 2.56. The second kappa shape index (κ2) is 5.01. The molecule has 102 valence electrons. The van der Waals surface area contributed by atoms with E-state index in [1.807, 2.05) is 20.8 Å². The zero-order chi connectivity index (χ0) is 13.3. The van der Waals surface area contributed by atoms with Gasteiger partial charge in [0, 0.05) is 19.1 Å². The largest absolute Gasteiger partial charge is 0.269 e. The van der Waals surface area contributed by atoms with Crippen LogP contribution in [0.5, 0.6) is 0 Å². The van der Waals surface area contributed by atoms with Gasteiger partial charge in [-0.05, 0) is 33.6 Å². The molecule has 1 unspecified atom stereocenters. The minimum atomic E-state index is -3.38. The van der Waals surface area contributed by atoms with Crippen molar-refractivity contribution < 1.29 is 8.42 Å². The molecule has 0 saturated carbocycles. The Morgan fingerprint density at radius 1 is 1.44 bits per heavy atom. The monoisotopic (exact) mass is 271 g/mol. The summed E-state index contributed by atoms with van der Waals surface area (Å²) in [6.07, 6.45) is 4.49. The van der Waals surface area contributed by atoms with Crippen molar-refractivity contribution in [2.24, 2.45) is 0 Å². The highest BCUT2D eigenvalue weighted by atomic mass is 32.2. The lowest BCUT2D eigenvalue weighted by atomic mass is 10.1. The number of hydrogen-bond donors (Lipinski definition) is 0. The van der Waals surface area contributed by atoms with E-state index in [-0.39, 0.29) is 6.04 Å². The molecule has 1 aromatic rings. The second-order valence-electron chi connectivity index (χ2n) is 4.87. The number of piperidine rings is 1. The van der Waals surface area contributed by atoms with Gasteiger partial charge in [-0.1, -0.05) is 6.42 Å². The van der Waals surface area contributed by atoms with Crippen LogP contribution < -0.4 is 0 Å². The van der Waals surface area contributed by atoms with Gasteiger partial charge in [0.05, 0.1) is 11.9 Å². The zero-order valence-electron chi connectivity index (χ0n) is 11.3. The summed E-state index contributed by atoms with van der Waals surface area (Å²) in [5.41, 5.74) is 0.732. The van der Waals surface area contributed by atoms with E-state index < -0.39 is 10.0 Å². The van der Waals surface area contributed by atoms with Gasteiger partial charge in [-0.3, -0.25) is 4.68 Å². The average molecular weight is 271 g/mol. The smallest absolute Gasteiger partial charge is 0.246 e. The van der Waals surface area contributed by atoms with Crippen LogP contribution in [0.4, 0.5) is 0 Å². The lowest BCUT2D eigenvalue weighted by molar-refractivity contribution is 0.268. The van der Waals surface area contributed by atoms with Gasteiger partial charge in [0.25, 0.3) is 0 Å². The maximum Gasteiger partial charge on any atom is 0.246 e. The molecule has 1 aliphatic rings. The third-order valence-electron chi connectivity index (χ3n) is 3.69. The molecule has 5 nitrogen and oxygen atoms in total. The number of aromatic nitrogens is 2. The van der Waals surface area contributed by atoms with Gasteiger partial charge in [0.2, 0.25) is 10.0 Å². The first-order valence-electron chi connectivity index (χ1n) is 6.52. The van der Waals surface area contributed by atoms with Gasteiger partial charge in [-0.2, -0.15) is 9.40 Å². The predicted octanol–water partition coefficient (Wildman–Crippen LogP) is 1.77. The van der Waals surface area contributed by atoms with Crippen molar-refractivity contribution in [1.82, 2.24) is 14.1 Å². The summed E-state index contributed by atoms with van der Waals surface area (Å²) in [6.45, 7) is 7.07. The molecule has 0 bridgehead atoms. The van der Waals surface area contributed by atoms with Crippen LogP contribution in [0, 0.1) is 6.92 Å². The first-order valence-corrected chi connectivity index (χ1v) is 7.96. The third-order valence-corrected chi connectivity index (χ3v) is 5.80. The van der Waals surface area contributed by atoms with Crippen LogP contribution in [-0.4, -0.2) is 35.1 Å². The normalized spacial score (nSPS) is 22.3. The van der Waals surface area contributed by atoms with Crippen LogP contribution in [0.1, 0.15) is 38.8 Å². The number of aryl methyl sites for hydroxylation is 1. The van der Waals surface area contributed by atoms with Crippen molar-refractivity contribution in [3.8, 4) is 0 Å². The van der Waals surface area contributed by atoms with Crippen LogP contribution in [0.2, 0.25) is 0 Å². The molecule has 2 heterocycles. The van der Waals surface area contributed by atoms with E-state index in [9.17, 15) is 8.42 Å². The summed E-state index contributed by atoms with van der Waals surface area (Å²) in [5, 5.41) is 4.13. The molecular formula is C12H21N3O2S. The van der Waals surface area contributed by atoms with Gasteiger partial charge in [0.1, 0.15) is 4.90 Å². The van der Waals surface area contributed by atoms with E-state index in [2.05, 4.69) is 5.10 Å². The van der Waals surface area contributed by atoms with E-state index in [1.165, 1.54) is 6.20 Å². The summed E-state index contributed by atoms with van der Waals surface area (Å²) in [7, 11) is -3.38. The van der Waals surface area contributed by atoms with Crippen molar-refractivity contribution in [2.45, 2.75) is 57.5 Å². The maximum atomic E-state index is 12.6. The Morgan fingerprint density at radius 3 is 2.72 bits per heavy atom. The molecule has 0 N–H and O–H groups in total. The van der Waals surface area contributed by atoms with Crippen LogP contribution in [0.15, 0.2) is 11.1 Å². The first-order chi connectivity index (χ1) is 8.48. The van der Waals surface area contributed by atoms with Crippen molar-refractivity contribution >= 4 is 10.0 Å². The molecular weight excluding hydrogens is 250 g/mol. The molecule has 0 aliphatic carbocycles. The molecule has 6 heteroatoms. The van der Waals surface area contributed by atoms with E-state index in [0.29, 0.717) is 18.0 Å². The van der Waals surface area contributed by atoms with E-state index in [0.717, 1.165) is 25.0 Å². The highest BCUT2D eigenvalue weighted by molar-refractivity contribution is 7.89. The van der Waals surface area contributed by atoms with Gasteiger partial charge < -0.3 is 0 Å². The Kier molecular flexibility index (Phi) is 3.77. The molecule has 1 fully saturated rings. The summed E-state index contributed by atoms with van der Waals surface area (Å²) in [6, 6.07) is 0.0909. The van der Waals surface area contributed by atoms with Crippen LogP contribution in [0.25, 0.3) is 0 Å². The fraction of sp³-hybridized carbons (Fsp3) is 0.750. The van der Waals surface area contributed by atoms with Crippen LogP contribution in [-0.2, 0) is 16.6 Å².